The third-order valence-corrected chi connectivity index (χ3v) is 0.694. The Bertz CT molecular complexity index is 108. The van der Waals surface area contributed by atoms with Crippen LogP contribution in [0.15, 0.2) is 0 Å². The second-order valence-corrected chi connectivity index (χ2v) is 2.77. The number of hydrogen-bond donors (Lipinski definition) is 0. The molecule has 2 radical (unpaired) electrons. The predicted molar refractivity (Wildman–Crippen MR) is 36.2 cm³/mol. The van der Waals surface area contributed by atoms with Crippen molar-refractivity contribution in [3.63, 3.8) is 0 Å². The van der Waals surface area contributed by atoms with E-state index in [1.54, 1.807) is 0 Å². The van der Waals surface area contributed by atoms with Crippen LogP contribution >= 0.6 is 0 Å². The van der Waals surface area contributed by atoms with Crippen molar-refractivity contribution in [1.82, 2.24) is 0 Å². The summed E-state index contributed by atoms with van der Waals surface area (Å²) < 4.78 is 4.91. The van der Waals surface area contributed by atoms with Gasteiger partial charge in [0.15, 0.2) is 0 Å². The number of carbonyl (C=O) groups is 1. The first kappa shape index (κ1) is 8.49. The lowest BCUT2D eigenvalue weighted by atomic mass is 9.90. The fourth-order valence-electron chi connectivity index (χ4n) is 0.369. The van der Waals surface area contributed by atoms with E-state index in [4.69, 9.17) is 0 Å². The zero-order valence-electron chi connectivity index (χ0n) is 6.34. The molecule has 0 aromatic heterocycles. The Morgan fingerprint density at radius 1 is 1.44 bits per heavy atom. The highest BCUT2D eigenvalue weighted by molar-refractivity contribution is 6.66. The van der Waals surface area contributed by atoms with E-state index in [2.05, 4.69) is 4.74 Å². The molecule has 0 saturated carbocycles. The van der Waals surface area contributed by atoms with E-state index < -0.39 is 0 Å². The Balaban J connectivity index is 3.60. The number of ether oxygens (including phenoxy) is 1. The maximum absolute atomic E-state index is 10.5. The van der Waals surface area contributed by atoms with E-state index in [1.165, 1.54) is 14.5 Å². The lowest BCUT2D eigenvalue weighted by molar-refractivity contribution is -0.753. The molecular formula is C5H12BNO2. The summed E-state index contributed by atoms with van der Waals surface area (Å²) in [6.45, 7) is 0. The zero-order valence-corrected chi connectivity index (χ0v) is 6.34. The van der Waals surface area contributed by atoms with Crippen LogP contribution in [-0.4, -0.2) is 45.9 Å². The van der Waals surface area contributed by atoms with Crippen LogP contribution < -0.4 is 0 Å². The monoisotopic (exact) mass is 129 g/mol. The summed E-state index contributed by atoms with van der Waals surface area (Å²) in [4.78, 5) is 10.5. The quantitative estimate of drug-likeness (QED) is 0.493. The van der Waals surface area contributed by atoms with Gasteiger partial charge < -0.3 is 13.9 Å². The van der Waals surface area contributed by atoms with Gasteiger partial charge in [0.05, 0.1) is 7.11 Å². The molecule has 0 N–H and O–H groups in total. The zero-order chi connectivity index (χ0) is 7.49. The van der Waals surface area contributed by atoms with Crippen LogP contribution in [0.4, 0.5) is 4.79 Å². The van der Waals surface area contributed by atoms with Gasteiger partial charge in [0.2, 0.25) is 0 Å². The van der Waals surface area contributed by atoms with Crippen molar-refractivity contribution in [2.75, 3.05) is 28.3 Å². The lowest BCUT2D eigenvalue weighted by Crippen LogP contribution is -2.42. The van der Waals surface area contributed by atoms with Gasteiger partial charge in [-0.3, -0.25) is 0 Å². The van der Waals surface area contributed by atoms with Crippen LogP contribution in [0.25, 0.3) is 0 Å². The third-order valence-electron chi connectivity index (χ3n) is 0.694. The Kier molecular flexibility index (Phi) is 2.71. The molecule has 0 heterocycles. The number of rotatable bonds is 2. The molecule has 4 heteroatoms. The molecule has 0 aliphatic carbocycles. The number of hydrogen-bond acceptors (Lipinski definition) is 2. The maximum Gasteiger partial charge on any atom is 0.132 e. The van der Waals surface area contributed by atoms with E-state index in [-0.39, 0.29) is 5.87 Å². The highest BCUT2D eigenvalue weighted by Crippen LogP contribution is 1.87. The smallest absolute Gasteiger partial charge is 0.132 e. The van der Waals surface area contributed by atoms with Gasteiger partial charge in [0.1, 0.15) is 13.3 Å². The molecular weight excluding hydrogens is 117 g/mol. The minimum absolute atomic E-state index is 0.289. The fraction of sp³-hybridized carbons (Fsp3) is 0.800. The summed E-state index contributed by atoms with van der Waals surface area (Å²) in [7, 11) is 8.51. The summed E-state index contributed by atoms with van der Waals surface area (Å²) in [5.74, 6) is -0.289. The summed E-state index contributed by atoms with van der Waals surface area (Å²) >= 11 is 0. The van der Waals surface area contributed by atoms with Crippen LogP contribution in [0.2, 0.25) is 0 Å². The molecule has 3 nitrogen and oxygen atoms in total. The van der Waals surface area contributed by atoms with Gasteiger partial charge in [-0.25, -0.2) is 0 Å². The van der Waals surface area contributed by atoms with E-state index in [9.17, 15) is 4.79 Å². The van der Waals surface area contributed by atoms with Crippen LogP contribution in [0.1, 0.15) is 0 Å². The fourth-order valence-corrected chi connectivity index (χ4v) is 0.369. The minimum Gasteiger partial charge on any atom is -0.558 e. The van der Waals surface area contributed by atoms with Crippen molar-refractivity contribution >= 4 is 13.3 Å². The Labute approximate surface area is 56.5 Å². The van der Waals surface area contributed by atoms with Crippen molar-refractivity contribution in [2.45, 2.75) is 0 Å². The van der Waals surface area contributed by atoms with Gasteiger partial charge in [-0.05, 0) is 0 Å². The molecule has 0 atom stereocenters. The second-order valence-electron chi connectivity index (χ2n) is 2.77. The molecule has 52 valence electrons. The molecule has 0 aliphatic heterocycles. The highest BCUT2D eigenvalue weighted by Gasteiger charge is 1.99. The van der Waals surface area contributed by atoms with E-state index in [1.807, 2.05) is 21.1 Å². The van der Waals surface area contributed by atoms with Crippen molar-refractivity contribution in [2.24, 2.45) is 0 Å². The Morgan fingerprint density at radius 3 is 2.00 bits per heavy atom. The summed E-state index contributed by atoms with van der Waals surface area (Å²) in [6, 6.07) is 0. The number of nitrogens with zero attached hydrogens (tertiary/aromatic N) is 1. The van der Waals surface area contributed by atoms with Crippen molar-refractivity contribution in [3.05, 3.63) is 0 Å². The highest BCUT2D eigenvalue weighted by atomic mass is 16.5. The van der Waals surface area contributed by atoms with Crippen molar-refractivity contribution in [3.8, 4) is 0 Å². The lowest BCUT2D eigenvalue weighted by Gasteiger charge is -2.36. The topological polar surface area (TPSA) is 26.3 Å². The van der Waals surface area contributed by atoms with E-state index in [0.29, 0.717) is 4.39 Å². The molecule has 0 aromatic rings. The Morgan fingerprint density at radius 2 is 1.89 bits per heavy atom. The molecule has 0 spiro atoms. The summed E-state index contributed by atoms with van der Waals surface area (Å²) in [6.07, 6.45) is 0. The molecule has 0 amide bonds. The largest absolute Gasteiger partial charge is 0.558 e. The first-order chi connectivity index (χ1) is 3.95. The summed E-state index contributed by atoms with van der Waals surface area (Å²) in [5.41, 5.74) is 0. The van der Waals surface area contributed by atoms with E-state index in [0.717, 1.165) is 0 Å². The minimum atomic E-state index is -0.289. The Hall–Kier alpha value is -0.505. The first-order valence-electron chi connectivity index (χ1n) is 2.71. The van der Waals surface area contributed by atoms with Crippen molar-refractivity contribution in [1.29, 1.82) is 0 Å². The third kappa shape index (κ3) is 5.36. The molecule has 0 bridgehead atoms. The van der Waals surface area contributed by atoms with Gasteiger partial charge >= 0.3 is 0 Å². The molecule has 0 fully saturated rings. The number of carbonyl (C=O) groups excluding carboxylic acids is 1. The summed E-state index contributed by atoms with van der Waals surface area (Å²) in [5, 5.41) is 0. The SMILES string of the molecule is COC(=O)[B-][N+](C)(C)C. The average molecular weight is 129 g/mol. The van der Waals surface area contributed by atoms with E-state index >= 15 is 0 Å². The predicted octanol–water partition coefficient (Wildman–Crippen LogP) is 0.0782. The second kappa shape index (κ2) is 2.87. The first-order valence-corrected chi connectivity index (χ1v) is 2.71. The van der Waals surface area contributed by atoms with Crippen LogP contribution in [0, 0.1) is 0 Å². The van der Waals surface area contributed by atoms with Crippen LogP contribution in [0.5, 0.6) is 0 Å². The molecule has 0 unspecified atom stereocenters. The van der Waals surface area contributed by atoms with Gasteiger partial charge in [0, 0.05) is 21.1 Å². The van der Waals surface area contributed by atoms with Gasteiger partial charge in [-0.15, -0.1) is 0 Å². The number of methoxy groups -OCH3 is 1. The van der Waals surface area contributed by atoms with Gasteiger partial charge in [-0.2, -0.15) is 0 Å². The molecule has 0 rings (SSSR count). The van der Waals surface area contributed by atoms with Crippen LogP contribution in [-0.2, 0) is 4.74 Å². The number of quaternary nitrogens is 1. The average Bonchev–Trinajstić information content (AvgIpc) is 1.62. The normalized spacial score (nSPS) is 11.1. The van der Waals surface area contributed by atoms with Crippen molar-refractivity contribution < 1.29 is 13.9 Å². The maximum atomic E-state index is 10.5. The van der Waals surface area contributed by atoms with Crippen LogP contribution in [0.3, 0.4) is 0 Å². The standard InChI is InChI=1S/C5H12BNO2/c1-7(2,3)6-5(8)9-4/h1-4H3. The van der Waals surface area contributed by atoms with Gasteiger partial charge in [-0.1, -0.05) is 0 Å². The molecule has 0 aliphatic rings. The van der Waals surface area contributed by atoms with Gasteiger partial charge in [0.25, 0.3) is 0 Å². The molecule has 0 aromatic carbocycles. The molecule has 9 heavy (non-hydrogen) atoms. The molecule has 0 saturated heterocycles.